The molecule has 0 aliphatic heterocycles. The molecule has 0 fully saturated rings. The van der Waals surface area contributed by atoms with Crippen LogP contribution in [0.2, 0.25) is 0 Å². The number of hydrogen-bond acceptors (Lipinski definition) is 4. The fraction of sp³-hybridized carbons (Fsp3) is 0.333. The summed E-state index contributed by atoms with van der Waals surface area (Å²) < 4.78 is 24.7. The Bertz CT molecular complexity index is 486. The number of nitrogens with two attached hydrogens (primary N) is 1. The SMILES string of the molecule is NC(CCC(=O)O)C(=O)Nc1ccccc1SC(F)F. The van der Waals surface area contributed by atoms with Gasteiger partial charge in [0, 0.05) is 11.3 Å². The van der Waals surface area contributed by atoms with Crippen LogP contribution >= 0.6 is 11.8 Å². The Balaban J connectivity index is 2.67. The average molecular weight is 304 g/mol. The van der Waals surface area contributed by atoms with Crippen molar-refractivity contribution in [2.75, 3.05) is 5.32 Å². The van der Waals surface area contributed by atoms with Crippen molar-refractivity contribution in [3.8, 4) is 0 Å². The molecule has 5 nitrogen and oxygen atoms in total. The maximum Gasteiger partial charge on any atom is 0.303 e. The first kappa shape index (κ1) is 16.4. The Labute approximate surface area is 118 Å². The van der Waals surface area contributed by atoms with E-state index in [1.54, 1.807) is 12.1 Å². The lowest BCUT2D eigenvalue weighted by atomic mass is 10.1. The van der Waals surface area contributed by atoms with Crippen molar-refractivity contribution in [2.45, 2.75) is 29.5 Å². The van der Waals surface area contributed by atoms with E-state index < -0.39 is 23.7 Å². The van der Waals surface area contributed by atoms with Crippen molar-refractivity contribution in [3.63, 3.8) is 0 Å². The predicted octanol–water partition coefficient (Wildman–Crippen LogP) is 2.13. The lowest BCUT2D eigenvalue weighted by Gasteiger charge is -2.13. The number of aliphatic carboxylic acids is 1. The summed E-state index contributed by atoms with van der Waals surface area (Å²) in [6.07, 6.45) is -0.257. The van der Waals surface area contributed by atoms with E-state index in [9.17, 15) is 18.4 Å². The largest absolute Gasteiger partial charge is 0.481 e. The van der Waals surface area contributed by atoms with Gasteiger partial charge in [-0.3, -0.25) is 9.59 Å². The smallest absolute Gasteiger partial charge is 0.303 e. The minimum atomic E-state index is -2.60. The average Bonchev–Trinajstić information content (AvgIpc) is 2.37. The number of carbonyl (C=O) groups excluding carboxylic acids is 1. The van der Waals surface area contributed by atoms with E-state index in [-0.39, 0.29) is 23.4 Å². The number of halogens is 2. The van der Waals surface area contributed by atoms with Gasteiger partial charge >= 0.3 is 5.97 Å². The standard InChI is InChI=1S/C12H14F2N2O3S/c13-12(14)20-9-4-2-1-3-8(9)16-11(19)7(15)5-6-10(17)18/h1-4,7,12H,5-6,15H2,(H,16,19)(H,17,18). The van der Waals surface area contributed by atoms with Crippen molar-refractivity contribution < 1.29 is 23.5 Å². The summed E-state index contributed by atoms with van der Waals surface area (Å²) in [7, 11) is 0. The molecule has 20 heavy (non-hydrogen) atoms. The number of para-hydroxylation sites is 1. The summed E-state index contributed by atoms with van der Waals surface area (Å²) in [6, 6.07) is 5.09. The van der Waals surface area contributed by atoms with Gasteiger partial charge in [0.15, 0.2) is 0 Å². The minimum absolute atomic E-state index is 0.0225. The van der Waals surface area contributed by atoms with Gasteiger partial charge in [-0.1, -0.05) is 23.9 Å². The van der Waals surface area contributed by atoms with E-state index in [1.807, 2.05) is 0 Å². The third-order valence-corrected chi connectivity index (χ3v) is 3.16. The molecule has 110 valence electrons. The Kier molecular flexibility index (Phi) is 6.40. The Hall–Kier alpha value is -1.67. The number of thioether (sulfide) groups is 1. The lowest BCUT2D eigenvalue weighted by molar-refractivity contribution is -0.137. The zero-order valence-electron chi connectivity index (χ0n) is 10.4. The molecule has 0 saturated heterocycles. The number of carbonyl (C=O) groups is 2. The highest BCUT2D eigenvalue weighted by Gasteiger charge is 2.17. The van der Waals surface area contributed by atoms with Crippen LogP contribution in [0, 0.1) is 0 Å². The number of anilines is 1. The van der Waals surface area contributed by atoms with Gasteiger partial charge < -0.3 is 16.2 Å². The van der Waals surface area contributed by atoms with Gasteiger partial charge in [0.25, 0.3) is 5.76 Å². The quantitative estimate of drug-likeness (QED) is 0.671. The summed E-state index contributed by atoms with van der Waals surface area (Å²) in [5.41, 5.74) is 5.76. The van der Waals surface area contributed by atoms with Gasteiger partial charge in [0.2, 0.25) is 5.91 Å². The molecule has 1 aromatic rings. The summed E-state index contributed by atoms with van der Waals surface area (Å²) in [5, 5.41) is 10.9. The third kappa shape index (κ3) is 5.54. The van der Waals surface area contributed by atoms with Crippen LogP contribution in [-0.2, 0) is 9.59 Å². The molecule has 1 aromatic carbocycles. The molecular formula is C12H14F2N2O3S. The topological polar surface area (TPSA) is 92.4 Å². The molecule has 0 spiro atoms. The number of amides is 1. The molecule has 0 bridgehead atoms. The van der Waals surface area contributed by atoms with Crippen LogP contribution in [0.5, 0.6) is 0 Å². The highest BCUT2D eigenvalue weighted by molar-refractivity contribution is 7.99. The van der Waals surface area contributed by atoms with Gasteiger partial charge in [0.1, 0.15) is 0 Å². The molecule has 0 aliphatic rings. The fourth-order valence-corrected chi connectivity index (χ4v) is 2.00. The predicted molar refractivity (Wildman–Crippen MR) is 71.8 cm³/mol. The molecule has 1 atom stereocenters. The minimum Gasteiger partial charge on any atom is -0.481 e. The van der Waals surface area contributed by atoms with E-state index in [4.69, 9.17) is 10.8 Å². The van der Waals surface area contributed by atoms with Crippen LogP contribution in [-0.4, -0.2) is 28.8 Å². The monoisotopic (exact) mass is 304 g/mol. The molecule has 8 heteroatoms. The summed E-state index contributed by atoms with van der Waals surface area (Å²) in [4.78, 5) is 22.3. The molecule has 1 amide bonds. The number of benzene rings is 1. The van der Waals surface area contributed by atoms with E-state index >= 15 is 0 Å². The fourth-order valence-electron chi connectivity index (χ4n) is 1.40. The second-order valence-electron chi connectivity index (χ2n) is 3.90. The van der Waals surface area contributed by atoms with Crippen LogP contribution in [0.1, 0.15) is 12.8 Å². The highest BCUT2D eigenvalue weighted by Crippen LogP contribution is 2.31. The van der Waals surface area contributed by atoms with Crippen LogP contribution in [0.3, 0.4) is 0 Å². The molecule has 0 saturated carbocycles. The Morgan fingerprint density at radius 3 is 2.60 bits per heavy atom. The van der Waals surface area contributed by atoms with Gasteiger partial charge in [-0.2, -0.15) is 8.78 Å². The number of carboxylic acids is 1. The number of rotatable bonds is 7. The van der Waals surface area contributed by atoms with E-state index in [0.717, 1.165) is 0 Å². The normalized spacial score (nSPS) is 12.2. The first-order chi connectivity index (χ1) is 9.40. The molecule has 0 radical (unpaired) electrons. The molecule has 0 aliphatic carbocycles. The zero-order valence-corrected chi connectivity index (χ0v) is 11.2. The number of carboxylic acid groups (broad SMARTS) is 1. The Morgan fingerprint density at radius 1 is 1.35 bits per heavy atom. The van der Waals surface area contributed by atoms with Crippen molar-refractivity contribution in [2.24, 2.45) is 5.73 Å². The maximum atomic E-state index is 12.4. The molecule has 1 unspecified atom stereocenters. The number of alkyl halides is 2. The van der Waals surface area contributed by atoms with E-state index in [0.29, 0.717) is 11.8 Å². The van der Waals surface area contributed by atoms with Crippen LogP contribution in [0.15, 0.2) is 29.2 Å². The van der Waals surface area contributed by atoms with Crippen molar-refractivity contribution in [1.29, 1.82) is 0 Å². The summed E-state index contributed by atoms with van der Waals surface area (Å²) in [5.74, 6) is -4.26. The first-order valence-electron chi connectivity index (χ1n) is 5.72. The van der Waals surface area contributed by atoms with Crippen LogP contribution in [0.25, 0.3) is 0 Å². The van der Waals surface area contributed by atoms with Gasteiger partial charge in [-0.05, 0) is 18.6 Å². The van der Waals surface area contributed by atoms with Crippen LogP contribution < -0.4 is 11.1 Å². The number of nitrogens with one attached hydrogen (secondary N) is 1. The van der Waals surface area contributed by atoms with Crippen LogP contribution in [0.4, 0.5) is 14.5 Å². The van der Waals surface area contributed by atoms with Gasteiger partial charge in [-0.15, -0.1) is 0 Å². The molecule has 0 aromatic heterocycles. The summed E-state index contributed by atoms with van der Waals surface area (Å²) in [6.45, 7) is 0. The molecule has 4 N–H and O–H groups in total. The lowest BCUT2D eigenvalue weighted by Crippen LogP contribution is -2.36. The van der Waals surface area contributed by atoms with Crippen molar-refractivity contribution >= 4 is 29.3 Å². The maximum absolute atomic E-state index is 12.4. The molecule has 0 heterocycles. The van der Waals surface area contributed by atoms with Gasteiger partial charge in [0.05, 0.1) is 11.7 Å². The van der Waals surface area contributed by atoms with E-state index in [2.05, 4.69) is 5.32 Å². The molecular weight excluding hydrogens is 290 g/mol. The van der Waals surface area contributed by atoms with Crippen molar-refractivity contribution in [3.05, 3.63) is 24.3 Å². The highest BCUT2D eigenvalue weighted by atomic mass is 32.2. The number of hydrogen-bond donors (Lipinski definition) is 3. The summed E-state index contributed by atoms with van der Waals surface area (Å²) >= 11 is 0.314. The third-order valence-electron chi connectivity index (χ3n) is 2.37. The van der Waals surface area contributed by atoms with E-state index in [1.165, 1.54) is 12.1 Å². The first-order valence-corrected chi connectivity index (χ1v) is 6.60. The Morgan fingerprint density at radius 2 is 2.00 bits per heavy atom. The molecule has 1 rings (SSSR count). The zero-order chi connectivity index (χ0) is 15.1. The van der Waals surface area contributed by atoms with Gasteiger partial charge in [-0.25, -0.2) is 0 Å². The second kappa shape index (κ2) is 7.81. The second-order valence-corrected chi connectivity index (χ2v) is 4.93. The van der Waals surface area contributed by atoms with Crippen molar-refractivity contribution in [1.82, 2.24) is 0 Å².